The van der Waals surface area contributed by atoms with Crippen molar-refractivity contribution in [3.8, 4) is 0 Å². The van der Waals surface area contributed by atoms with Crippen molar-refractivity contribution in [2.75, 3.05) is 5.32 Å². The number of aliphatic hydroxyl groups is 1. The number of anilines is 1. The van der Waals surface area contributed by atoms with Gasteiger partial charge in [-0.15, -0.1) is 0 Å². The highest BCUT2D eigenvalue weighted by atomic mass is 35.5. The summed E-state index contributed by atoms with van der Waals surface area (Å²) in [6.45, 7) is 1.84. The standard InChI is InChI=1S/C19H17ClN2O3/c1-12(23)11-22-10-9-13-14(19(22)25)6-4-8-17(13)21-18(24)15-5-2-3-7-16(15)20/h2-10,12,23H,11H2,1H3,(H,21,24). The van der Waals surface area contributed by atoms with Gasteiger partial charge in [0.1, 0.15) is 0 Å². The molecule has 1 heterocycles. The van der Waals surface area contributed by atoms with E-state index in [1.54, 1.807) is 61.7 Å². The Bertz CT molecular complexity index is 995. The fourth-order valence-electron chi connectivity index (χ4n) is 2.69. The molecule has 5 nitrogen and oxygen atoms in total. The van der Waals surface area contributed by atoms with E-state index in [2.05, 4.69) is 5.32 Å². The summed E-state index contributed by atoms with van der Waals surface area (Å²) < 4.78 is 1.45. The lowest BCUT2D eigenvalue weighted by Gasteiger charge is -2.12. The van der Waals surface area contributed by atoms with Gasteiger partial charge in [0.25, 0.3) is 11.5 Å². The molecule has 1 aromatic heterocycles. The number of rotatable bonds is 4. The average Bonchev–Trinajstić information content (AvgIpc) is 2.58. The van der Waals surface area contributed by atoms with Crippen LogP contribution in [0.15, 0.2) is 59.5 Å². The number of carbonyl (C=O) groups is 1. The lowest BCUT2D eigenvalue weighted by Crippen LogP contribution is -2.25. The van der Waals surface area contributed by atoms with Gasteiger partial charge in [-0.2, -0.15) is 0 Å². The number of benzene rings is 2. The Balaban J connectivity index is 2.00. The minimum absolute atomic E-state index is 0.213. The predicted molar refractivity (Wildman–Crippen MR) is 99.3 cm³/mol. The Labute approximate surface area is 149 Å². The molecule has 2 N–H and O–H groups in total. The summed E-state index contributed by atoms with van der Waals surface area (Å²) in [5.74, 6) is -0.341. The number of amides is 1. The molecule has 0 aliphatic rings. The Kier molecular flexibility index (Phi) is 4.88. The molecule has 0 radical (unpaired) electrons. The summed E-state index contributed by atoms with van der Waals surface area (Å²) in [6, 6.07) is 13.7. The van der Waals surface area contributed by atoms with Crippen molar-refractivity contribution < 1.29 is 9.90 Å². The number of aliphatic hydroxyl groups excluding tert-OH is 1. The smallest absolute Gasteiger partial charge is 0.258 e. The van der Waals surface area contributed by atoms with Crippen molar-refractivity contribution in [2.24, 2.45) is 0 Å². The molecule has 25 heavy (non-hydrogen) atoms. The van der Waals surface area contributed by atoms with Crippen molar-refractivity contribution in [1.82, 2.24) is 4.57 Å². The number of hydrogen-bond acceptors (Lipinski definition) is 3. The van der Waals surface area contributed by atoms with Crippen LogP contribution in [0.2, 0.25) is 5.02 Å². The number of nitrogens with zero attached hydrogens (tertiary/aromatic N) is 1. The quantitative estimate of drug-likeness (QED) is 0.753. The third kappa shape index (κ3) is 3.57. The van der Waals surface area contributed by atoms with Gasteiger partial charge < -0.3 is 15.0 Å². The number of fused-ring (bicyclic) bond motifs is 1. The number of carbonyl (C=O) groups excluding carboxylic acids is 1. The number of nitrogens with one attached hydrogen (secondary N) is 1. The number of hydrogen-bond donors (Lipinski definition) is 2. The number of pyridine rings is 1. The molecule has 0 spiro atoms. The van der Waals surface area contributed by atoms with Gasteiger partial charge in [0.2, 0.25) is 0 Å². The SMILES string of the molecule is CC(O)Cn1ccc2c(NC(=O)c3ccccc3Cl)cccc2c1=O. The highest BCUT2D eigenvalue weighted by molar-refractivity contribution is 6.34. The molecular weight excluding hydrogens is 340 g/mol. The van der Waals surface area contributed by atoms with Gasteiger partial charge in [0.05, 0.1) is 23.2 Å². The van der Waals surface area contributed by atoms with Crippen molar-refractivity contribution in [3.05, 3.63) is 75.7 Å². The molecule has 1 atom stereocenters. The van der Waals surface area contributed by atoms with E-state index in [4.69, 9.17) is 11.6 Å². The molecule has 0 bridgehead atoms. The molecule has 0 aliphatic carbocycles. The summed E-state index contributed by atoms with van der Waals surface area (Å²) in [5.41, 5.74) is 0.680. The first-order valence-corrected chi connectivity index (χ1v) is 8.21. The molecule has 3 aromatic rings. The van der Waals surface area contributed by atoms with Crippen LogP contribution in [0.4, 0.5) is 5.69 Å². The molecule has 6 heteroatoms. The Morgan fingerprint density at radius 1 is 1.16 bits per heavy atom. The fourth-order valence-corrected chi connectivity index (χ4v) is 2.91. The first-order chi connectivity index (χ1) is 12.0. The van der Waals surface area contributed by atoms with Gasteiger partial charge in [-0.3, -0.25) is 9.59 Å². The molecule has 0 aliphatic heterocycles. The zero-order valence-corrected chi connectivity index (χ0v) is 14.3. The van der Waals surface area contributed by atoms with E-state index in [1.807, 2.05) is 0 Å². The van der Waals surface area contributed by atoms with Gasteiger partial charge in [-0.1, -0.05) is 29.8 Å². The first kappa shape index (κ1) is 17.2. The van der Waals surface area contributed by atoms with Crippen LogP contribution in [-0.4, -0.2) is 21.7 Å². The fraction of sp³-hybridized carbons (Fsp3) is 0.158. The van der Waals surface area contributed by atoms with Gasteiger partial charge in [-0.25, -0.2) is 0 Å². The molecule has 1 unspecified atom stereocenters. The molecule has 2 aromatic carbocycles. The van der Waals surface area contributed by atoms with E-state index in [1.165, 1.54) is 4.57 Å². The zero-order chi connectivity index (χ0) is 18.0. The molecule has 0 saturated carbocycles. The molecular formula is C19H17ClN2O3. The Morgan fingerprint density at radius 2 is 1.92 bits per heavy atom. The summed E-state index contributed by atoms with van der Waals surface area (Å²) in [4.78, 5) is 25.0. The second kappa shape index (κ2) is 7.09. The van der Waals surface area contributed by atoms with Crippen LogP contribution in [0.1, 0.15) is 17.3 Å². The lowest BCUT2D eigenvalue weighted by molar-refractivity contribution is 0.102. The molecule has 0 fully saturated rings. The maximum absolute atomic E-state index is 12.5. The van der Waals surface area contributed by atoms with E-state index in [0.29, 0.717) is 27.0 Å². The number of halogens is 1. The average molecular weight is 357 g/mol. The topological polar surface area (TPSA) is 71.3 Å². The van der Waals surface area contributed by atoms with Gasteiger partial charge in [0, 0.05) is 22.7 Å². The third-order valence-corrected chi connectivity index (χ3v) is 4.18. The second-order valence-corrected chi connectivity index (χ2v) is 6.23. The van der Waals surface area contributed by atoms with Crippen LogP contribution in [0.25, 0.3) is 10.8 Å². The zero-order valence-electron chi connectivity index (χ0n) is 13.6. The van der Waals surface area contributed by atoms with Gasteiger partial charge in [-0.05, 0) is 37.3 Å². The van der Waals surface area contributed by atoms with Crippen LogP contribution < -0.4 is 10.9 Å². The molecule has 1 amide bonds. The third-order valence-electron chi connectivity index (χ3n) is 3.85. The summed E-state index contributed by atoms with van der Waals surface area (Å²) in [7, 11) is 0. The van der Waals surface area contributed by atoms with Gasteiger partial charge >= 0.3 is 0 Å². The first-order valence-electron chi connectivity index (χ1n) is 7.83. The van der Waals surface area contributed by atoms with E-state index in [0.717, 1.165) is 0 Å². The highest BCUT2D eigenvalue weighted by Gasteiger charge is 2.13. The van der Waals surface area contributed by atoms with Crippen molar-refractivity contribution in [2.45, 2.75) is 19.6 Å². The van der Waals surface area contributed by atoms with Gasteiger partial charge in [0.15, 0.2) is 0 Å². The minimum Gasteiger partial charge on any atom is -0.392 e. The van der Waals surface area contributed by atoms with E-state index in [-0.39, 0.29) is 18.0 Å². The predicted octanol–water partition coefficient (Wildman–Crippen LogP) is 3.29. The maximum atomic E-state index is 12.5. The van der Waals surface area contributed by atoms with Crippen molar-refractivity contribution in [1.29, 1.82) is 0 Å². The van der Waals surface area contributed by atoms with Crippen LogP contribution in [0.3, 0.4) is 0 Å². The Morgan fingerprint density at radius 3 is 2.64 bits per heavy atom. The largest absolute Gasteiger partial charge is 0.392 e. The summed E-state index contributed by atoms with van der Waals surface area (Å²) in [5, 5.41) is 13.8. The van der Waals surface area contributed by atoms with E-state index in [9.17, 15) is 14.7 Å². The van der Waals surface area contributed by atoms with E-state index < -0.39 is 6.10 Å². The second-order valence-electron chi connectivity index (χ2n) is 5.82. The highest BCUT2D eigenvalue weighted by Crippen LogP contribution is 2.23. The summed E-state index contributed by atoms with van der Waals surface area (Å²) in [6.07, 6.45) is 0.987. The van der Waals surface area contributed by atoms with Crippen LogP contribution in [-0.2, 0) is 6.54 Å². The van der Waals surface area contributed by atoms with E-state index >= 15 is 0 Å². The molecule has 0 saturated heterocycles. The molecule has 3 rings (SSSR count). The van der Waals surface area contributed by atoms with Crippen molar-refractivity contribution >= 4 is 34.0 Å². The van der Waals surface area contributed by atoms with Crippen LogP contribution >= 0.6 is 11.6 Å². The maximum Gasteiger partial charge on any atom is 0.258 e. The number of aromatic nitrogens is 1. The van der Waals surface area contributed by atoms with Crippen LogP contribution in [0, 0.1) is 0 Å². The normalized spacial score (nSPS) is 12.1. The minimum atomic E-state index is -0.627. The Hall–Kier alpha value is -2.63. The summed E-state index contributed by atoms with van der Waals surface area (Å²) >= 11 is 6.06. The lowest BCUT2D eigenvalue weighted by atomic mass is 10.1. The monoisotopic (exact) mass is 356 g/mol. The van der Waals surface area contributed by atoms with Crippen molar-refractivity contribution in [3.63, 3.8) is 0 Å². The van der Waals surface area contributed by atoms with Crippen LogP contribution in [0.5, 0.6) is 0 Å². The molecule has 128 valence electrons.